The summed E-state index contributed by atoms with van der Waals surface area (Å²) in [5, 5.41) is 0. The van der Waals surface area contributed by atoms with Gasteiger partial charge in [-0.15, -0.1) is 0 Å². The Bertz CT molecular complexity index is 436. The Hall–Kier alpha value is -1.42. The Labute approximate surface area is 120 Å². The molecule has 0 bridgehead atoms. The molecule has 0 aromatic heterocycles. The van der Waals surface area contributed by atoms with Gasteiger partial charge in [0.1, 0.15) is 5.82 Å². The van der Waals surface area contributed by atoms with E-state index in [1.165, 1.54) is 17.7 Å². The van der Waals surface area contributed by atoms with E-state index in [0.29, 0.717) is 12.3 Å². The third-order valence-electron chi connectivity index (χ3n) is 3.90. The van der Waals surface area contributed by atoms with Crippen molar-refractivity contribution in [1.29, 1.82) is 0 Å². The van der Waals surface area contributed by atoms with Crippen molar-refractivity contribution in [2.24, 2.45) is 11.7 Å². The van der Waals surface area contributed by atoms with E-state index in [-0.39, 0.29) is 17.8 Å². The van der Waals surface area contributed by atoms with Crippen LogP contribution in [0.3, 0.4) is 0 Å². The molecule has 1 aliphatic rings. The Morgan fingerprint density at radius 3 is 2.50 bits per heavy atom. The zero-order valence-corrected chi connectivity index (χ0v) is 12.0. The molecule has 2 rings (SSSR count). The van der Waals surface area contributed by atoms with Crippen LogP contribution in [0.1, 0.15) is 31.7 Å². The van der Waals surface area contributed by atoms with Crippen molar-refractivity contribution in [2.45, 2.75) is 38.6 Å². The zero-order valence-electron chi connectivity index (χ0n) is 12.0. The molecular weight excluding hydrogens is 255 g/mol. The summed E-state index contributed by atoms with van der Waals surface area (Å²) in [6.07, 6.45) is 3.43. The van der Waals surface area contributed by atoms with E-state index in [2.05, 4.69) is 0 Å². The van der Waals surface area contributed by atoms with Crippen LogP contribution in [0.4, 0.5) is 4.39 Å². The van der Waals surface area contributed by atoms with Gasteiger partial charge in [-0.2, -0.15) is 0 Å². The molecule has 1 saturated heterocycles. The quantitative estimate of drug-likeness (QED) is 0.919. The fourth-order valence-electron chi connectivity index (χ4n) is 2.74. The van der Waals surface area contributed by atoms with Gasteiger partial charge in [0.2, 0.25) is 5.91 Å². The summed E-state index contributed by atoms with van der Waals surface area (Å²) in [6, 6.07) is 6.65. The lowest BCUT2D eigenvalue weighted by Crippen LogP contribution is -2.40. The molecule has 1 heterocycles. The van der Waals surface area contributed by atoms with Crippen LogP contribution in [0.15, 0.2) is 24.3 Å². The molecule has 1 fully saturated rings. The molecule has 0 radical (unpaired) electrons. The summed E-state index contributed by atoms with van der Waals surface area (Å²) in [6.45, 7) is 3.49. The molecular formula is C16H23FN2O. The molecule has 0 saturated carbocycles. The van der Waals surface area contributed by atoms with E-state index < -0.39 is 0 Å². The fourth-order valence-corrected chi connectivity index (χ4v) is 2.74. The highest BCUT2D eigenvalue weighted by molar-refractivity contribution is 5.76. The van der Waals surface area contributed by atoms with Crippen molar-refractivity contribution in [3.8, 4) is 0 Å². The maximum atomic E-state index is 12.9. The second kappa shape index (κ2) is 6.84. The normalized spacial score (nSPS) is 18.1. The first kappa shape index (κ1) is 15.0. The summed E-state index contributed by atoms with van der Waals surface area (Å²) in [4.78, 5) is 13.8. The van der Waals surface area contributed by atoms with Crippen LogP contribution in [-0.2, 0) is 11.2 Å². The predicted octanol–water partition coefficient (Wildman–Crippen LogP) is 2.34. The molecule has 0 spiro atoms. The SMILES string of the molecule is CC(N)CC(=O)N1CCC(Cc2ccc(F)cc2)CC1. The largest absolute Gasteiger partial charge is 0.343 e. The molecule has 20 heavy (non-hydrogen) atoms. The Morgan fingerprint density at radius 1 is 1.35 bits per heavy atom. The van der Waals surface area contributed by atoms with Gasteiger partial charge in [0.05, 0.1) is 0 Å². The van der Waals surface area contributed by atoms with E-state index >= 15 is 0 Å². The zero-order chi connectivity index (χ0) is 14.5. The first-order valence-corrected chi connectivity index (χ1v) is 7.32. The number of carbonyl (C=O) groups excluding carboxylic acids is 1. The lowest BCUT2D eigenvalue weighted by atomic mass is 9.90. The van der Waals surface area contributed by atoms with Crippen LogP contribution in [0, 0.1) is 11.7 Å². The smallest absolute Gasteiger partial charge is 0.224 e. The maximum Gasteiger partial charge on any atom is 0.224 e. The van der Waals surface area contributed by atoms with Gasteiger partial charge < -0.3 is 10.6 Å². The minimum Gasteiger partial charge on any atom is -0.343 e. The van der Waals surface area contributed by atoms with Crippen molar-refractivity contribution < 1.29 is 9.18 Å². The summed E-state index contributed by atoms with van der Waals surface area (Å²) in [5.41, 5.74) is 6.84. The van der Waals surface area contributed by atoms with E-state index in [9.17, 15) is 9.18 Å². The van der Waals surface area contributed by atoms with Gasteiger partial charge >= 0.3 is 0 Å². The number of nitrogens with zero attached hydrogens (tertiary/aromatic N) is 1. The van der Waals surface area contributed by atoms with Gasteiger partial charge in [-0.05, 0) is 49.8 Å². The molecule has 1 atom stereocenters. The predicted molar refractivity (Wildman–Crippen MR) is 77.7 cm³/mol. The molecule has 2 N–H and O–H groups in total. The van der Waals surface area contributed by atoms with E-state index in [0.717, 1.165) is 32.4 Å². The molecule has 1 aromatic carbocycles. The van der Waals surface area contributed by atoms with Crippen LogP contribution < -0.4 is 5.73 Å². The van der Waals surface area contributed by atoms with E-state index in [1.54, 1.807) is 0 Å². The average molecular weight is 278 g/mol. The molecule has 1 unspecified atom stereocenters. The van der Waals surface area contributed by atoms with Crippen molar-refractivity contribution in [2.75, 3.05) is 13.1 Å². The number of hydrogen-bond donors (Lipinski definition) is 1. The molecule has 1 amide bonds. The number of piperidine rings is 1. The topological polar surface area (TPSA) is 46.3 Å². The summed E-state index contributed by atoms with van der Waals surface area (Å²) in [5.74, 6) is 0.560. The van der Waals surface area contributed by atoms with Crippen molar-refractivity contribution in [1.82, 2.24) is 4.90 Å². The van der Waals surface area contributed by atoms with Crippen LogP contribution in [0.25, 0.3) is 0 Å². The standard InChI is InChI=1S/C16H23FN2O/c1-12(18)10-16(20)19-8-6-14(7-9-19)11-13-2-4-15(17)5-3-13/h2-5,12,14H,6-11,18H2,1H3. The fraction of sp³-hybridized carbons (Fsp3) is 0.562. The molecule has 1 aromatic rings. The van der Waals surface area contributed by atoms with Gasteiger partial charge in [0.25, 0.3) is 0 Å². The first-order chi connectivity index (χ1) is 9.54. The monoisotopic (exact) mass is 278 g/mol. The minimum absolute atomic E-state index is 0.0700. The summed E-state index contributed by atoms with van der Waals surface area (Å²) < 4.78 is 12.9. The van der Waals surface area contributed by atoms with Gasteiger partial charge in [0.15, 0.2) is 0 Å². The molecule has 0 aliphatic carbocycles. The highest BCUT2D eigenvalue weighted by Crippen LogP contribution is 2.22. The van der Waals surface area contributed by atoms with Gasteiger partial charge in [-0.25, -0.2) is 4.39 Å². The number of benzene rings is 1. The number of rotatable bonds is 4. The third kappa shape index (κ3) is 4.30. The number of likely N-dealkylation sites (tertiary alicyclic amines) is 1. The second-order valence-electron chi connectivity index (χ2n) is 5.84. The molecule has 1 aliphatic heterocycles. The number of amides is 1. The van der Waals surface area contributed by atoms with Crippen LogP contribution in [0.5, 0.6) is 0 Å². The molecule has 110 valence electrons. The Balaban J connectivity index is 1.79. The summed E-state index contributed by atoms with van der Waals surface area (Å²) in [7, 11) is 0. The van der Waals surface area contributed by atoms with E-state index in [4.69, 9.17) is 5.73 Å². The van der Waals surface area contributed by atoms with Crippen LogP contribution >= 0.6 is 0 Å². The number of halogens is 1. The Kier molecular flexibility index (Phi) is 5.12. The lowest BCUT2D eigenvalue weighted by molar-refractivity contribution is -0.132. The molecule has 4 heteroatoms. The number of carbonyl (C=O) groups is 1. The van der Waals surface area contributed by atoms with Crippen molar-refractivity contribution >= 4 is 5.91 Å². The van der Waals surface area contributed by atoms with Gasteiger partial charge in [0, 0.05) is 25.6 Å². The third-order valence-corrected chi connectivity index (χ3v) is 3.90. The van der Waals surface area contributed by atoms with Crippen LogP contribution in [-0.4, -0.2) is 29.9 Å². The second-order valence-corrected chi connectivity index (χ2v) is 5.84. The van der Waals surface area contributed by atoms with Gasteiger partial charge in [-0.1, -0.05) is 12.1 Å². The number of nitrogens with two attached hydrogens (primary N) is 1. The summed E-state index contributed by atoms with van der Waals surface area (Å²) >= 11 is 0. The Morgan fingerprint density at radius 2 is 1.95 bits per heavy atom. The lowest BCUT2D eigenvalue weighted by Gasteiger charge is -2.32. The maximum absolute atomic E-state index is 12.9. The first-order valence-electron chi connectivity index (χ1n) is 7.32. The average Bonchev–Trinajstić information content (AvgIpc) is 2.41. The van der Waals surface area contributed by atoms with Crippen LogP contribution in [0.2, 0.25) is 0 Å². The van der Waals surface area contributed by atoms with Gasteiger partial charge in [-0.3, -0.25) is 4.79 Å². The van der Waals surface area contributed by atoms with Crippen molar-refractivity contribution in [3.63, 3.8) is 0 Å². The number of hydrogen-bond acceptors (Lipinski definition) is 2. The van der Waals surface area contributed by atoms with Crippen molar-refractivity contribution in [3.05, 3.63) is 35.6 Å². The van der Waals surface area contributed by atoms with E-state index in [1.807, 2.05) is 24.0 Å². The highest BCUT2D eigenvalue weighted by Gasteiger charge is 2.23. The highest BCUT2D eigenvalue weighted by atomic mass is 19.1. The molecule has 3 nitrogen and oxygen atoms in total. The minimum atomic E-state index is -0.190.